The number of ketones is 2. The molecule has 0 aliphatic rings. The van der Waals surface area contributed by atoms with Gasteiger partial charge in [-0.2, -0.15) is 0 Å². The molecule has 0 aliphatic heterocycles. The second kappa shape index (κ2) is 7.02. The molecular formula is C22H18O4S. The van der Waals surface area contributed by atoms with Crippen LogP contribution in [0.15, 0.2) is 71.7 Å². The van der Waals surface area contributed by atoms with Gasteiger partial charge in [-0.3, -0.25) is 9.59 Å². The summed E-state index contributed by atoms with van der Waals surface area (Å²) in [6, 6.07) is 12.7. The fourth-order valence-corrected chi connectivity index (χ4v) is 3.83. The van der Waals surface area contributed by atoms with Crippen molar-refractivity contribution in [3.05, 3.63) is 77.9 Å². The Labute approximate surface area is 159 Å². The second-order valence-corrected chi connectivity index (χ2v) is 7.42. The third-order valence-corrected chi connectivity index (χ3v) is 5.15. The molecule has 5 heteroatoms. The van der Waals surface area contributed by atoms with Gasteiger partial charge in [-0.05, 0) is 59.4 Å². The van der Waals surface area contributed by atoms with Crippen LogP contribution in [-0.2, 0) is 11.1 Å². The molecule has 0 aromatic heterocycles. The minimum atomic E-state index is -2.48. The Morgan fingerprint density at radius 3 is 1.96 bits per heavy atom. The lowest BCUT2D eigenvalue weighted by Gasteiger charge is -2.15. The Balaban J connectivity index is 2.57. The lowest BCUT2D eigenvalue weighted by molar-refractivity contribution is 0.0997. The zero-order valence-electron chi connectivity index (χ0n) is 15.0. The first-order valence-electron chi connectivity index (χ1n) is 8.23. The van der Waals surface area contributed by atoms with Crippen LogP contribution in [0.5, 0.6) is 0 Å². The minimum Gasteiger partial charge on any atom is -0.302 e. The highest BCUT2D eigenvalue weighted by Crippen LogP contribution is 2.34. The van der Waals surface area contributed by atoms with Crippen molar-refractivity contribution in [1.29, 1.82) is 0 Å². The van der Waals surface area contributed by atoms with Crippen LogP contribution in [0.25, 0.3) is 21.5 Å². The summed E-state index contributed by atoms with van der Waals surface area (Å²) in [5.74, 6) is -0.978. The van der Waals surface area contributed by atoms with E-state index in [0.717, 1.165) is 10.8 Å². The molecule has 0 amide bonds. The van der Waals surface area contributed by atoms with Gasteiger partial charge < -0.3 is 4.55 Å². The van der Waals surface area contributed by atoms with E-state index in [-0.39, 0.29) is 27.2 Å². The van der Waals surface area contributed by atoms with E-state index in [0.29, 0.717) is 10.8 Å². The topological polar surface area (TPSA) is 71.4 Å². The zero-order valence-corrected chi connectivity index (χ0v) is 15.9. The number of rotatable bonds is 5. The van der Waals surface area contributed by atoms with E-state index in [4.69, 9.17) is 0 Å². The van der Waals surface area contributed by atoms with Gasteiger partial charge in [0.25, 0.3) is 0 Å². The second-order valence-electron chi connectivity index (χ2n) is 6.52. The first kappa shape index (κ1) is 18.9. The van der Waals surface area contributed by atoms with Gasteiger partial charge in [-0.25, -0.2) is 4.21 Å². The van der Waals surface area contributed by atoms with E-state index >= 15 is 0 Å². The molecule has 0 spiro atoms. The Hall–Kier alpha value is -2.89. The number of Topliss-reactive ketones (excluding diaryl/α,β-unsaturated/α-hetero) is 2. The van der Waals surface area contributed by atoms with E-state index in [1.807, 2.05) is 30.3 Å². The largest absolute Gasteiger partial charge is 0.302 e. The number of benzene rings is 3. The quantitative estimate of drug-likeness (QED) is 0.290. The third kappa shape index (κ3) is 3.27. The summed E-state index contributed by atoms with van der Waals surface area (Å²) in [5, 5.41) is 2.85. The van der Waals surface area contributed by atoms with Crippen molar-refractivity contribution in [1.82, 2.24) is 0 Å². The van der Waals surface area contributed by atoms with Gasteiger partial charge in [0.05, 0.1) is 10.5 Å². The number of carbonyl (C=O) groups is 2. The highest BCUT2D eigenvalue weighted by atomic mass is 32.2. The Bertz CT molecular complexity index is 1190. The fraction of sp³-hybridized carbons (Fsp3) is 0.0909. The maximum atomic E-state index is 12.8. The Morgan fingerprint density at radius 2 is 1.44 bits per heavy atom. The molecule has 1 unspecified atom stereocenters. The van der Waals surface area contributed by atoms with Gasteiger partial charge in [-0.1, -0.05) is 37.4 Å². The van der Waals surface area contributed by atoms with Crippen LogP contribution in [0.3, 0.4) is 0 Å². The van der Waals surface area contributed by atoms with Gasteiger partial charge in [0.15, 0.2) is 22.6 Å². The van der Waals surface area contributed by atoms with E-state index in [1.54, 1.807) is 12.1 Å². The average Bonchev–Trinajstić information content (AvgIpc) is 2.63. The average molecular weight is 378 g/mol. The molecule has 0 bridgehead atoms. The predicted molar refractivity (Wildman–Crippen MR) is 109 cm³/mol. The maximum Gasteiger partial charge on any atom is 0.190 e. The van der Waals surface area contributed by atoms with E-state index in [2.05, 4.69) is 13.2 Å². The van der Waals surface area contributed by atoms with Crippen molar-refractivity contribution in [2.45, 2.75) is 18.7 Å². The molecule has 3 aromatic carbocycles. The van der Waals surface area contributed by atoms with Gasteiger partial charge in [0, 0.05) is 10.9 Å². The molecule has 0 heterocycles. The number of fused-ring (bicyclic) bond motifs is 2. The van der Waals surface area contributed by atoms with Crippen molar-refractivity contribution in [2.75, 3.05) is 0 Å². The fourth-order valence-electron chi connectivity index (χ4n) is 3.09. The molecular weight excluding hydrogens is 360 g/mol. The molecule has 1 atom stereocenters. The van der Waals surface area contributed by atoms with E-state index in [9.17, 15) is 18.4 Å². The minimum absolute atomic E-state index is 0.0654. The van der Waals surface area contributed by atoms with Crippen molar-refractivity contribution in [3.63, 3.8) is 0 Å². The highest BCUT2D eigenvalue weighted by molar-refractivity contribution is 7.79. The van der Waals surface area contributed by atoms with Crippen LogP contribution in [0.2, 0.25) is 0 Å². The van der Waals surface area contributed by atoms with Gasteiger partial charge in [0.2, 0.25) is 0 Å². The van der Waals surface area contributed by atoms with Crippen molar-refractivity contribution in [3.8, 4) is 0 Å². The molecule has 4 nitrogen and oxygen atoms in total. The van der Waals surface area contributed by atoms with Crippen molar-refractivity contribution >= 4 is 44.2 Å². The van der Waals surface area contributed by atoms with Gasteiger partial charge >= 0.3 is 0 Å². The summed E-state index contributed by atoms with van der Waals surface area (Å²) in [7, 11) is 0. The summed E-state index contributed by atoms with van der Waals surface area (Å²) in [6.45, 7) is 10.3. The van der Waals surface area contributed by atoms with Crippen LogP contribution in [0.1, 0.15) is 34.6 Å². The molecule has 136 valence electrons. The first-order chi connectivity index (χ1) is 12.7. The van der Waals surface area contributed by atoms with E-state index < -0.39 is 22.6 Å². The van der Waals surface area contributed by atoms with E-state index in [1.165, 1.54) is 13.8 Å². The zero-order chi connectivity index (χ0) is 19.9. The third-order valence-electron chi connectivity index (χ3n) is 4.38. The molecule has 27 heavy (non-hydrogen) atoms. The highest BCUT2D eigenvalue weighted by Gasteiger charge is 2.27. The normalized spacial score (nSPS) is 12.1. The number of hydrogen-bond acceptors (Lipinski definition) is 3. The van der Waals surface area contributed by atoms with Crippen LogP contribution in [0, 0.1) is 0 Å². The summed E-state index contributed by atoms with van der Waals surface area (Å²) in [4.78, 5) is 25.4. The number of carbonyl (C=O) groups excluding carboxylic acids is 2. The lowest BCUT2D eigenvalue weighted by atomic mass is 9.90. The molecule has 3 aromatic rings. The number of hydrogen-bond donors (Lipinski definition) is 1. The Morgan fingerprint density at radius 1 is 0.889 bits per heavy atom. The molecule has 0 saturated carbocycles. The van der Waals surface area contributed by atoms with Crippen LogP contribution >= 0.6 is 0 Å². The summed E-state index contributed by atoms with van der Waals surface area (Å²) in [5.41, 5.74) is 0.396. The monoisotopic (exact) mass is 378 g/mol. The molecule has 0 fully saturated rings. The van der Waals surface area contributed by atoms with Gasteiger partial charge in [0.1, 0.15) is 0 Å². The van der Waals surface area contributed by atoms with Crippen LogP contribution < -0.4 is 0 Å². The maximum absolute atomic E-state index is 12.8. The molecule has 0 saturated heterocycles. The van der Waals surface area contributed by atoms with Crippen molar-refractivity contribution < 1.29 is 18.4 Å². The number of allylic oxidation sites excluding steroid dienone is 2. The first-order valence-corrected chi connectivity index (χ1v) is 9.33. The molecule has 3 rings (SSSR count). The van der Waals surface area contributed by atoms with Crippen LogP contribution in [-0.4, -0.2) is 20.3 Å². The Kier molecular flexibility index (Phi) is 4.91. The van der Waals surface area contributed by atoms with Crippen molar-refractivity contribution in [2.24, 2.45) is 0 Å². The SMILES string of the molecule is C=C(C)C(=O)c1cc2cc3ccccc3cc2c(S(=O)O)c1C(=O)C(=C)C. The molecule has 0 radical (unpaired) electrons. The molecule has 0 aliphatic carbocycles. The summed E-state index contributed by atoms with van der Waals surface area (Å²) >= 11 is -2.48. The summed E-state index contributed by atoms with van der Waals surface area (Å²) in [6.07, 6.45) is 0. The standard InChI is InChI=1S/C22H18O4S/c1-12(2)20(23)18-11-16-9-14-7-5-6-8-15(14)10-17(16)22(27(25)26)19(18)21(24)13(3)4/h5-11H,1,3H2,2,4H3,(H,25,26). The van der Waals surface area contributed by atoms with Gasteiger partial charge in [-0.15, -0.1) is 0 Å². The summed E-state index contributed by atoms with van der Waals surface area (Å²) < 4.78 is 22.2. The predicted octanol–water partition coefficient (Wildman–Crippen LogP) is 5.09. The smallest absolute Gasteiger partial charge is 0.190 e. The van der Waals surface area contributed by atoms with Crippen LogP contribution in [0.4, 0.5) is 0 Å². The molecule has 1 N–H and O–H groups in total. The lowest BCUT2D eigenvalue weighted by Crippen LogP contribution is -2.15.